The van der Waals surface area contributed by atoms with Gasteiger partial charge in [-0.1, -0.05) is 6.92 Å². The van der Waals surface area contributed by atoms with E-state index in [1.54, 1.807) is 0 Å². The molecule has 0 unspecified atom stereocenters. The van der Waals surface area contributed by atoms with Gasteiger partial charge in [-0.05, 0) is 31.6 Å². The van der Waals surface area contributed by atoms with Crippen LogP contribution in [-0.2, 0) is 10.0 Å². The summed E-state index contributed by atoms with van der Waals surface area (Å²) in [4.78, 5) is 0. The minimum absolute atomic E-state index is 0. The molecule has 0 saturated heterocycles. The molecule has 1 rings (SSSR count). The summed E-state index contributed by atoms with van der Waals surface area (Å²) >= 11 is 0. The van der Waals surface area contributed by atoms with Crippen molar-refractivity contribution in [2.75, 3.05) is 6.26 Å². The third kappa shape index (κ3) is 6.60. The number of hydrogen-bond donors (Lipinski definition) is 1. The molecule has 5 heteroatoms. The fourth-order valence-corrected chi connectivity index (χ4v) is 2.52. The first kappa shape index (κ1) is 14.5. The third-order valence-electron chi connectivity index (χ3n) is 2.40. The zero-order valence-electron chi connectivity index (χ0n) is 9.71. The summed E-state index contributed by atoms with van der Waals surface area (Å²) in [6, 6.07) is 0.191. The van der Waals surface area contributed by atoms with E-state index in [0.717, 1.165) is 31.6 Å². The average Bonchev–Trinajstić information content (AvgIpc) is 1.91. The second kappa shape index (κ2) is 6.20. The van der Waals surface area contributed by atoms with Gasteiger partial charge in [-0.2, -0.15) is 0 Å². The van der Waals surface area contributed by atoms with Gasteiger partial charge >= 0.3 is 51.4 Å². The molecular formula is C8H18KNO2S. The van der Waals surface area contributed by atoms with E-state index in [2.05, 4.69) is 11.6 Å². The van der Waals surface area contributed by atoms with Crippen molar-refractivity contribution < 1.29 is 61.2 Å². The van der Waals surface area contributed by atoms with Gasteiger partial charge in [0, 0.05) is 6.04 Å². The molecule has 1 aliphatic rings. The Kier molecular flexibility index (Phi) is 6.94. The molecule has 0 amide bonds. The van der Waals surface area contributed by atoms with Gasteiger partial charge in [0.25, 0.3) is 0 Å². The largest absolute Gasteiger partial charge is 1.00 e. The predicted molar refractivity (Wildman–Crippen MR) is 50.5 cm³/mol. The Bertz CT molecular complexity index is 238. The van der Waals surface area contributed by atoms with E-state index in [4.69, 9.17) is 0 Å². The Labute approximate surface area is 125 Å². The van der Waals surface area contributed by atoms with Crippen LogP contribution in [0.15, 0.2) is 0 Å². The Morgan fingerprint density at radius 1 is 1.23 bits per heavy atom. The summed E-state index contributed by atoms with van der Waals surface area (Å²) in [6.07, 6.45) is 5.51. The molecule has 1 aliphatic carbocycles. The van der Waals surface area contributed by atoms with E-state index < -0.39 is 10.0 Å². The van der Waals surface area contributed by atoms with Gasteiger partial charge in [0.1, 0.15) is 0 Å². The standard InChI is InChI=1S/C8H17NO2S.K.H/c1-7-3-5-8(6-4-7)9-12(2,10)11;;/h7-9H,3-6H2,1-2H3;;/q;+1;-1/i;;1+1. The van der Waals surface area contributed by atoms with Crippen LogP contribution in [0.1, 0.15) is 34.0 Å². The summed E-state index contributed by atoms with van der Waals surface area (Å²) in [7, 11) is -2.99. The molecule has 0 atom stereocenters. The second-order valence-corrected chi connectivity index (χ2v) is 5.63. The van der Waals surface area contributed by atoms with Gasteiger partial charge in [0.05, 0.1) is 6.26 Å². The Hall–Kier alpha value is 1.55. The van der Waals surface area contributed by atoms with Gasteiger partial charge in [0.2, 0.25) is 10.0 Å². The molecule has 0 radical (unpaired) electrons. The van der Waals surface area contributed by atoms with Crippen LogP contribution in [0.3, 0.4) is 0 Å². The Balaban J connectivity index is 0. The van der Waals surface area contributed by atoms with E-state index in [1.807, 2.05) is 0 Å². The predicted octanol–water partition coefficient (Wildman–Crippen LogP) is -1.77. The maximum absolute atomic E-state index is 10.9. The minimum atomic E-state index is -2.99. The van der Waals surface area contributed by atoms with Crippen molar-refractivity contribution in [1.29, 1.82) is 0 Å². The Morgan fingerprint density at radius 3 is 2.08 bits per heavy atom. The van der Waals surface area contributed by atoms with E-state index in [0.29, 0.717) is 0 Å². The minimum Gasteiger partial charge on any atom is -1.00 e. The van der Waals surface area contributed by atoms with Crippen molar-refractivity contribution in [2.45, 2.75) is 38.6 Å². The molecule has 13 heavy (non-hydrogen) atoms. The molecule has 3 nitrogen and oxygen atoms in total. The second-order valence-electron chi connectivity index (χ2n) is 3.85. The van der Waals surface area contributed by atoms with E-state index >= 15 is 0 Å². The van der Waals surface area contributed by atoms with Crippen LogP contribution in [0.5, 0.6) is 0 Å². The zero-order valence-corrected chi connectivity index (χ0v) is 12.6. The van der Waals surface area contributed by atoms with Crippen LogP contribution in [0, 0.1) is 5.92 Å². The molecular weight excluding hydrogens is 213 g/mol. The molecule has 0 aromatic carbocycles. The van der Waals surface area contributed by atoms with E-state index in [-0.39, 0.29) is 58.9 Å². The molecule has 1 fully saturated rings. The number of sulfonamides is 1. The van der Waals surface area contributed by atoms with Gasteiger partial charge in [0.15, 0.2) is 0 Å². The summed E-state index contributed by atoms with van der Waals surface area (Å²) < 4.78 is 24.4. The van der Waals surface area contributed by atoms with Crippen LogP contribution >= 0.6 is 0 Å². The molecule has 1 N–H and O–H groups in total. The van der Waals surface area contributed by atoms with Gasteiger partial charge in [-0.15, -0.1) is 0 Å². The van der Waals surface area contributed by atoms with Crippen molar-refractivity contribution in [3.05, 3.63) is 0 Å². The molecule has 0 aromatic rings. The first-order valence-corrected chi connectivity index (χ1v) is 6.34. The van der Waals surface area contributed by atoms with Gasteiger partial charge in [-0.25, -0.2) is 13.1 Å². The van der Waals surface area contributed by atoms with Crippen LogP contribution in [-0.4, -0.2) is 20.7 Å². The summed E-state index contributed by atoms with van der Waals surface area (Å²) in [5, 5.41) is 0. The van der Waals surface area contributed by atoms with Crippen molar-refractivity contribution in [2.24, 2.45) is 5.92 Å². The fraction of sp³-hybridized carbons (Fsp3) is 1.00. The molecule has 0 heterocycles. The van der Waals surface area contributed by atoms with Crippen molar-refractivity contribution in [3.63, 3.8) is 0 Å². The third-order valence-corrected chi connectivity index (χ3v) is 3.16. The topological polar surface area (TPSA) is 46.2 Å². The van der Waals surface area contributed by atoms with Crippen LogP contribution in [0.25, 0.3) is 0 Å². The summed E-state index contributed by atoms with van der Waals surface area (Å²) in [5.74, 6) is 0.766. The molecule has 0 aromatic heterocycles. The fourth-order valence-electron chi connectivity index (χ4n) is 1.68. The Morgan fingerprint density at radius 2 is 1.69 bits per heavy atom. The van der Waals surface area contributed by atoms with Gasteiger partial charge in [-0.3, -0.25) is 0 Å². The van der Waals surface area contributed by atoms with Crippen molar-refractivity contribution in [1.82, 2.24) is 4.72 Å². The first-order valence-electron chi connectivity index (χ1n) is 4.44. The van der Waals surface area contributed by atoms with Crippen LogP contribution in [0.2, 0.25) is 0 Å². The van der Waals surface area contributed by atoms with Gasteiger partial charge < -0.3 is 1.43 Å². The van der Waals surface area contributed by atoms with Crippen molar-refractivity contribution in [3.8, 4) is 0 Å². The number of nitrogens with one attached hydrogen (secondary N) is 1. The molecule has 0 aliphatic heterocycles. The normalized spacial score (nSPS) is 29.4. The smallest absolute Gasteiger partial charge is 1.00 e. The van der Waals surface area contributed by atoms with Crippen LogP contribution in [0.4, 0.5) is 0 Å². The zero-order chi connectivity index (χ0) is 9.19. The average molecular weight is 232 g/mol. The monoisotopic (exact) mass is 232 g/mol. The molecule has 74 valence electrons. The number of rotatable bonds is 2. The number of hydrogen-bond acceptors (Lipinski definition) is 2. The summed E-state index contributed by atoms with van der Waals surface area (Å²) in [5.41, 5.74) is 0. The van der Waals surface area contributed by atoms with E-state index in [1.165, 1.54) is 6.26 Å². The first-order chi connectivity index (χ1) is 5.47. The molecule has 1 saturated carbocycles. The SMILES string of the molecule is CC1CCC(NS(C)(=O)=O)CC1.[2H-].[K+]. The maximum Gasteiger partial charge on any atom is 1.00 e. The van der Waals surface area contributed by atoms with E-state index in [9.17, 15) is 8.42 Å². The van der Waals surface area contributed by atoms with Crippen molar-refractivity contribution >= 4 is 10.0 Å². The molecule has 0 spiro atoms. The van der Waals surface area contributed by atoms with Crippen LogP contribution < -0.4 is 56.1 Å². The summed E-state index contributed by atoms with van der Waals surface area (Å²) in [6.45, 7) is 2.22. The molecule has 0 bridgehead atoms. The maximum atomic E-state index is 10.9. The quantitative estimate of drug-likeness (QED) is 0.573.